The Morgan fingerprint density at radius 3 is 2.50 bits per heavy atom. The van der Waals surface area contributed by atoms with E-state index in [4.69, 9.17) is 21.1 Å². The molecule has 0 aromatic heterocycles. The Hall–Kier alpha value is -0.120. The summed E-state index contributed by atoms with van der Waals surface area (Å²) in [6, 6.07) is 0. The number of Topliss-reactive ketones (excluding diaryl/α,β-unsaturated/α-hetero) is 1. The molecule has 3 aliphatic heterocycles. The van der Waals surface area contributed by atoms with Gasteiger partial charge in [0.2, 0.25) is 0 Å². The maximum absolute atomic E-state index is 11.9. The Balaban J connectivity index is 1.97. The van der Waals surface area contributed by atoms with Gasteiger partial charge in [0, 0.05) is 0 Å². The molecular formula is C10H13ClO3. The van der Waals surface area contributed by atoms with Crippen LogP contribution in [0.15, 0.2) is 0 Å². The van der Waals surface area contributed by atoms with Gasteiger partial charge in [0.05, 0.1) is 30.1 Å². The third kappa shape index (κ3) is 0.765. The van der Waals surface area contributed by atoms with Crippen LogP contribution in [0, 0.1) is 5.41 Å². The molecule has 4 rings (SSSR count). The second-order valence-electron chi connectivity index (χ2n) is 5.03. The fourth-order valence-corrected chi connectivity index (χ4v) is 3.65. The maximum Gasteiger partial charge on any atom is 0.157 e. The Bertz CT molecular complexity index is 302. The number of hydrogen-bond acceptors (Lipinski definition) is 3. The van der Waals surface area contributed by atoms with E-state index in [0.29, 0.717) is 13.2 Å². The molecule has 2 bridgehead atoms. The predicted molar refractivity (Wildman–Crippen MR) is 50.4 cm³/mol. The highest BCUT2D eigenvalue weighted by Gasteiger charge is 2.78. The van der Waals surface area contributed by atoms with E-state index < -0.39 is 0 Å². The van der Waals surface area contributed by atoms with Gasteiger partial charge in [0.15, 0.2) is 5.78 Å². The Kier molecular flexibility index (Phi) is 1.53. The van der Waals surface area contributed by atoms with Crippen molar-refractivity contribution in [2.24, 2.45) is 5.41 Å². The molecule has 14 heavy (non-hydrogen) atoms. The third-order valence-electron chi connectivity index (χ3n) is 3.99. The minimum atomic E-state index is -0.326. The number of hydrogen-bond donors (Lipinski definition) is 0. The van der Waals surface area contributed by atoms with Gasteiger partial charge in [-0.25, -0.2) is 0 Å². The van der Waals surface area contributed by atoms with Crippen molar-refractivity contribution in [1.29, 1.82) is 0 Å². The molecule has 1 saturated carbocycles. The van der Waals surface area contributed by atoms with Crippen molar-refractivity contribution < 1.29 is 14.3 Å². The van der Waals surface area contributed by atoms with Gasteiger partial charge in [-0.3, -0.25) is 4.79 Å². The summed E-state index contributed by atoms with van der Waals surface area (Å²) >= 11 is 5.65. The fraction of sp³-hybridized carbons (Fsp3) is 0.900. The lowest BCUT2D eigenvalue weighted by Gasteiger charge is -2.48. The first-order chi connectivity index (χ1) is 6.56. The highest BCUT2D eigenvalue weighted by atomic mass is 35.5. The van der Waals surface area contributed by atoms with Gasteiger partial charge in [-0.05, 0) is 19.8 Å². The van der Waals surface area contributed by atoms with Gasteiger partial charge in [-0.2, -0.15) is 0 Å². The second kappa shape index (κ2) is 2.34. The molecule has 3 nitrogen and oxygen atoms in total. The standard InChI is InChI=1S/C10H13ClO3/c1-8-3-9(4-8,7(12)2-11)10(14-8)5-13-6-10/h2-6H2,1H3. The quantitative estimate of drug-likeness (QED) is 0.650. The zero-order chi connectivity index (χ0) is 10.0. The smallest absolute Gasteiger partial charge is 0.157 e. The highest BCUT2D eigenvalue weighted by Crippen LogP contribution is 2.68. The van der Waals surface area contributed by atoms with Gasteiger partial charge in [-0.1, -0.05) is 0 Å². The molecule has 4 fully saturated rings. The SMILES string of the molecule is CC12CC(C(=O)CCl)(C1)C1(COC1)O2. The number of ketones is 1. The van der Waals surface area contributed by atoms with Crippen LogP contribution in [0.4, 0.5) is 0 Å². The largest absolute Gasteiger partial charge is 0.375 e. The lowest BCUT2D eigenvalue weighted by atomic mass is 9.54. The Morgan fingerprint density at radius 2 is 2.07 bits per heavy atom. The zero-order valence-corrected chi connectivity index (χ0v) is 8.89. The molecule has 78 valence electrons. The molecule has 0 N–H and O–H groups in total. The summed E-state index contributed by atoms with van der Waals surface area (Å²) < 4.78 is 11.2. The van der Waals surface area contributed by atoms with E-state index in [2.05, 4.69) is 6.92 Å². The van der Waals surface area contributed by atoms with Gasteiger partial charge in [-0.15, -0.1) is 11.6 Å². The van der Waals surface area contributed by atoms with E-state index >= 15 is 0 Å². The molecule has 4 heteroatoms. The monoisotopic (exact) mass is 216 g/mol. The molecule has 4 aliphatic rings. The van der Waals surface area contributed by atoms with Crippen LogP contribution >= 0.6 is 11.6 Å². The van der Waals surface area contributed by atoms with Crippen LogP contribution in [0.3, 0.4) is 0 Å². The minimum absolute atomic E-state index is 0.0918. The van der Waals surface area contributed by atoms with Crippen molar-refractivity contribution in [2.75, 3.05) is 19.1 Å². The lowest BCUT2D eigenvalue weighted by Crippen LogP contribution is -2.63. The van der Waals surface area contributed by atoms with E-state index in [-0.39, 0.29) is 28.3 Å². The predicted octanol–water partition coefficient (Wildman–Crippen LogP) is 1.13. The van der Waals surface area contributed by atoms with Crippen molar-refractivity contribution in [3.05, 3.63) is 0 Å². The number of carbonyl (C=O) groups excluding carboxylic acids is 1. The van der Waals surface area contributed by atoms with Crippen LogP contribution in [0.2, 0.25) is 0 Å². The van der Waals surface area contributed by atoms with E-state index in [0.717, 1.165) is 12.8 Å². The summed E-state index contributed by atoms with van der Waals surface area (Å²) in [5.74, 6) is 0.235. The summed E-state index contributed by atoms with van der Waals surface area (Å²) in [6.45, 7) is 3.19. The van der Waals surface area contributed by atoms with Crippen molar-refractivity contribution in [1.82, 2.24) is 0 Å². The molecule has 0 aromatic rings. The van der Waals surface area contributed by atoms with Gasteiger partial charge in [0.1, 0.15) is 5.60 Å². The van der Waals surface area contributed by atoms with Gasteiger partial charge < -0.3 is 9.47 Å². The van der Waals surface area contributed by atoms with Gasteiger partial charge in [0.25, 0.3) is 0 Å². The first-order valence-corrected chi connectivity index (χ1v) is 5.47. The van der Waals surface area contributed by atoms with Crippen LogP contribution in [0.5, 0.6) is 0 Å². The van der Waals surface area contributed by atoms with E-state index in [1.165, 1.54) is 0 Å². The van der Waals surface area contributed by atoms with Crippen LogP contribution in [-0.2, 0) is 14.3 Å². The number of alkyl halides is 1. The summed E-state index contributed by atoms with van der Waals surface area (Å²) in [6.07, 6.45) is 1.66. The second-order valence-corrected chi connectivity index (χ2v) is 5.30. The van der Waals surface area contributed by atoms with E-state index in [1.54, 1.807) is 0 Å². The van der Waals surface area contributed by atoms with E-state index in [1.807, 2.05) is 0 Å². The summed E-state index contributed by atoms with van der Waals surface area (Å²) in [4.78, 5) is 11.9. The van der Waals surface area contributed by atoms with E-state index in [9.17, 15) is 4.79 Å². The molecular weight excluding hydrogens is 204 g/mol. The molecule has 3 saturated heterocycles. The average Bonchev–Trinajstić information content (AvgIpc) is 2.47. The Morgan fingerprint density at radius 1 is 1.43 bits per heavy atom. The first kappa shape index (κ1) is 9.13. The topological polar surface area (TPSA) is 35.5 Å². The van der Waals surface area contributed by atoms with Gasteiger partial charge >= 0.3 is 0 Å². The molecule has 0 atom stereocenters. The normalized spacial score (nSPS) is 47.3. The maximum atomic E-state index is 11.9. The summed E-state index contributed by atoms with van der Waals surface area (Å²) in [5, 5.41) is 0. The number of halogens is 1. The van der Waals surface area contributed by atoms with Crippen molar-refractivity contribution in [3.63, 3.8) is 0 Å². The van der Waals surface area contributed by atoms with Crippen molar-refractivity contribution >= 4 is 17.4 Å². The zero-order valence-electron chi connectivity index (χ0n) is 8.14. The lowest BCUT2D eigenvalue weighted by molar-refractivity contribution is -0.213. The van der Waals surface area contributed by atoms with Crippen LogP contribution in [0.25, 0.3) is 0 Å². The molecule has 1 spiro atoms. The molecule has 1 aliphatic carbocycles. The van der Waals surface area contributed by atoms with Crippen LogP contribution in [0.1, 0.15) is 19.8 Å². The number of rotatable bonds is 2. The molecule has 0 radical (unpaired) electrons. The summed E-state index contributed by atoms with van der Waals surface area (Å²) in [7, 11) is 0. The van der Waals surface area contributed by atoms with Crippen LogP contribution in [-0.4, -0.2) is 36.1 Å². The number of carbonyl (C=O) groups is 1. The first-order valence-electron chi connectivity index (χ1n) is 4.93. The molecule has 0 aromatic carbocycles. The Labute approximate surface area is 87.7 Å². The molecule has 0 amide bonds. The van der Waals surface area contributed by atoms with Crippen molar-refractivity contribution in [3.8, 4) is 0 Å². The third-order valence-corrected chi connectivity index (χ3v) is 4.23. The van der Waals surface area contributed by atoms with Crippen LogP contribution < -0.4 is 0 Å². The fourth-order valence-electron chi connectivity index (χ4n) is 3.39. The molecule has 0 unspecified atom stereocenters. The average molecular weight is 217 g/mol. The highest BCUT2D eigenvalue weighted by molar-refractivity contribution is 6.28. The minimum Gasteiger partial charge on any atom is -0.375 e. The molecule has 3 heterocycles. The van der Waals surface area contributed by atoms with Crippen molar-refractivity contribution in [2.45, 2.75) is 31.0 Å². The summed E-state index contributed by atoms with van der Waals surface area (Å²) in [5.41, 5.74) is -0.735. The number of ether oxygens (including phenoxy) is 2.